The molecule has 3 heterocycles. The van der Waals surface area contributed by atoms with Crippen LogP contribution in [0.25, 0.3) is 10.6 Å². The van der Waals surface area contributed by atoms with Crippen LogP contribution in [0.5, 0.6) is 5.75 Å². The zero-order valence-electron chi connectivity index (χ0n) is 15.0. The van der Waals surface area contributed by atoms with Crippen LogP contribution in [-0.2, 0) is 19.2 Å². The van der Waals surface area contributed by atoms with Crippen molar-refractivity contribution >= 4 is 34.4 Å². The molecule has 138 valence electrons. The molecule has 0 bridgehead atoms. The third kappa shape index (κ3) is 4.23. The van der Waals surface area contributed by atoms with Crippen molar-refractivity contribution < 1.29 is 4.74 Å². The first-order chi connectivity index (χ1) is 13.2. The van der Waals surface area contributed by atoms with Crippen molar-refractivity contribution in [3.05, 3.63) is 63.6 Å². The first-order valence-corrected chi connectivity index (χ1v) is 11.1. The Morgan fingerprint density at radius 1 is 1.11 bits per heavy atom. The smallest absolute Gasteiger partial charge is 0.191 e. The molecule has 0 N–H and O–H groups in total. The summed E-state index contributed by atoms with van der Waals surface area (Å²) in [4.78, 5) is 6.05. The van der Waals surface area contributed by atoms with Crippen molar-refractivity contribution in [1.82, 2.24) is 19.7 Å². The second-order valence-electron chi connectivity index (χ2n) is 5.88. The van der Waals surface area contributed by atoms with E-state index in [1.54, 1.807) is 41.5 Å². The molecule has 0 aliphatic carbocycles. The Morgan fingerprint density at radius 2 is 1.96 bits per heavy atom. The fourth-order valence-electron chi connectivity index (χ4n) is 2.57. The van der Waals surface area contributed by atoms with Gasteiger partial charge in [-0.1, -0.05) is 17.8 Å². The molecule has 0 unspecified atom stereocenters. The third-order valence-electron chi connectivity index (χ3n) is 4.08. The van der Waals surface area contributed by atoms with Crippen LogP contribution in [0.2, 0.25) is 0 Å². The normalized spacial score (nSPS) is 11.0. The number of ether oxygens (including phenoxy) is 1. The quantitative estimate of drug-likeness (QED) is 0.403. The fourth-order valence-corrected chi connectivity index (χ4v) is 5.03. The summed E-state index contributed by atoms with van der Waals surface area (Å²) in [6.45, 7) is 0. The van der Waals surface area contributed by atoms with Gasteiger partial charge in [0.1, 0.15) is 16.6 Å². The van der Waals surface area contributed by atoms with Gasteiger partial charge < -0.3 is 9.30 Å². The Hall–Kier alpha value is -2.16. The van der Waals surface area contributed by atoms with Crippen LogP contribution in [0.4, 0.5) is 0 Å². The molecule has 0 saturated carbocycles. The second kappa shape index (κ2) is 8.24. The van der Waals surface area contributed by atoms with Crippen molar-refractivity contribution in [3.63, 3.8) is 0 Å². The maximum atomic E-state index is 5.21. The number of thiazole rings is 1. The number of methoxy groups -OCH3 is 1. The average Bonchev–Trinajstić information content (AvgIpc) is 3.44. The lowest BCUT2D eigenvalue weighted by Crippen LogP contribution is -1.99. The van der Waals surface area contributed by atoms with Crippen LogP contribution < -0.4 is 4.74 Å². The van der Waals surface area contributed by atoms with Crippen LogP contribution in [0.1, 0.15) is 16.4 Å². The first kappa shape index (κ1) is 18.2. The topological polar surface area (TPSA) is 52.8 Å². The van der Waals surface area contributed by atoms with Crippen molar-refractivity contribution in [2.24, 2.45) is 7.05 Å². The van der Waals surface area contributed by atoms with E-state index in [0.29, 0.717) is 0 Å². The molecular weight excluding hydrogens is 396 g/mol. The lowest BCUT2D eigenvalue weighted by atomic mass is 10.2. The second-order valence-corrected chi connectivity index (χ2v) is 8.71. The summed E-state index contributed by atoms with van der Waals surface area (Å²) in [6, 6.07) is 12.2. The summed E-state index contributed by atoms with van der Waals surface area (Å²) in [5.74, 6) is 2.61. The highest BCUT2D eigenvalue weighted by atomic mass is 32.2. The fraction of sp³-hybridized carbons (Fsp3) is 0.211. The van der Waals surface area contributed by atoms with Gasteiger partial charge >= 0.3 is 0 Å². The Balaban J connectivity index is 1.40. The summed E-state index contributed by atoms with van der Waals surface area (Å²) in [6.07, 6.45) is 0.819. The van der Waals surface area contributed by atoms with E-state index in [-0.39, 0.29) is 0 Å². The van der Waals surface area contributed by atoms with Gasteiger partial charge in [-0.2, -0.15) is 0 Å². The zero-order chi connectivity index (χ0) is 18.6. The summed E-state index contributed by atoms with van der Waals surface area (Å²) in [7, 11) is 3.70. The molecule has 3 aromatic heterocycles. The van der Waals surface area contributed by atoms with E-state index in [0.717, 1.165) is 45.2 Å². The number of hydrogen-bond donors (Lipinski definition) is 0. The molecular formula is C19H18N4OS3. The van der Waals surface area contributed by atoms with Crippen LogP contribution in [0.3, 0.4) is 0 Å². The van der Waals surface area contributed by atoms with E-state index >= 15 is 0 Å². The molecule has 0 radical (unpaired) electrons. The molecule has 0 aliphatic heterocycles. The highest BCUT2D eigenvalue weighted by Crippen LogP contribution is 2.28. The lowest BCUT2D eigenvalue weighted by molar-refractivity contribution is 0.415. The third-order valence-corrected chi connectivity index (χ3v) is 6.95. The number of nitrogens with zero attached hydrogens (tertiary/aromatic N) is 4. The molecule has 1 aromatic carbocycles. The summed E-state index contributed by atoms with van der Waals surface area (Å²) in [5, 5.41) is 14.8. The Morgan fingerprint density at radius 3 is 2.70 bits per heavy atom. The van der Waals surface area contributed by atoms with E-state index in [4.69, 9.17) is 9.72 Å². The van der Waals surface area contributed by atoms with Gasteiger partial charge in [-0.05, 0) is 35.7 Å². The minimum atomic E-state index is 0.775. The molecule has 0 fully saturated rings. The van der Waals surface area contributed by atoms with E-state index < -0.39 is 0 Å². The monoisotopic (exact) mass is 414 g/mol. The minimum Gasteiger partial charge on any atom is -0.497 e. The highest BCUT2D eigenvalue weighted by Gasteiger charge is 2.12. The standard InChI is InChI=1S/C19H18N4OS3/c1-23-17(10-16-4-3-9-25-16)21-22-19(23)27-12-14-11-26-18(20-14)13-5-7-15(24-2)8-6-13/h3-9,11H,10,12H2,1-2H3. The number of aromatic nitrogens is 4. The Bertz CT molecular complexity index is 1010. The predicted octanol–water partition coefficient (Wildman–Crippen LogP) is 4.89. The molecule has 27 heavy (non-hydrogen) atoms. The van der Waals surface area contributed by atoms with Gasteiger partial charge in [-0.15, -0.1) is 32.9 Å². The minimum absolute atomic E-state index is 0.775. The molecule has 0 spiro atoms. The maximum absolute atomic E-state index is 5.21. The number of benzene rings is 1. The molecule has 4 rings (SSSR count). The van der Waals surface area contributed by atoms with Crippen molar-refractivity contribution in [2.45, 2.75) is 17.3 Å². The highest BCUT2D eigenvalue weighted by molar-refractivity contribution is 7.98. The average molecular weight is 415 g/mol. The van der Waals surface area contributed by atoms with Gasteiger partial charge in [-0.25, -0.2) is 4.98 Å². The summed E-state index contributed by atoms with van der Waals surface area (Å²) in [5.41, 5.74) is 2.16. The van der Waals surface area contributed by atoms with Gasteiger partial charge in [0.2, 0.25) is 0 Å². The van der Waals surface area contributed by atoms with E-state index in [9.17, 15) is 0 Å². The van der Waals surface area contributed by atoms with E-state index in [2.05, 4.69) is 37.7 Å². The van der Waals surface area contributed by atoms with Crippen molar-refractivity contribution in [2.75, 3.05) is 7.11 Å². The Labute approximate surface area is 170 Å². The molecule has 5 nitrogen and oxygen atoms in total. The van der Waals surface area contributed by atoms with Gasteiger partial charge in [0.05, 0.1) is 12.8 Å². The summed E-state index contributed by atoms with van der Waals surface area (Å²) >= 11 is 5.07. The lowest BCUT2D eigenvalue weighted by Gasteiger charge is -2.02. The molecule has 0 saturated heterocycles. The largest absolute Gasteiger partial charge is 0.497 e. The molecule has 0 atom stereocenters. The number of thioether (sulfide) groups is 1. The van der Waals surface area contributed by atoms with Gasteiger partial charge in [0.15, 0.2) is 5.16 Å². The first-order valence-electron chi connectivity index (χ1n) is 8.35. The van der Waals surface area contributed by atoms with Gasteiger partial charge in [0.25, 0.3) is 0 Å². The summed E-state index contributed by atoms with van der Waals surface area (Å²) < 4.78 is 7.28. The van der Waals surface area contributed by atoms with Gasteiger partial charge in [0, 0.05) is 35.0 Å². The van der Waals surface area contributed by atoms with Crippen molar-refractivity contribution in [1.29, 1.82) is 0 Å². The van der Waals surface area contributed by atoms with E-state index in [1.165, 1.54) is 4.88 Å². The number of rotatable bonds is 7. The Kier molecular flexibility index (Phi) is 5.56. The zero-order valence-corrected chi connectivity index (χ0v) is 17.4. The molecule has 0 amide bonds. The van der Waals surface area contributed by atoms with Crippen molar-refractivity contribution in [3.8, 4) is 16.3 Å². The van der Waals surface area contributed by atoms with Crippen LogP contribution in [-0.4, -0.2) is 26.9 Å². The van der Waals surface area contributed by atoms with Crippen LogP contribution in [0, 0.1) is 0 Å². The molecule has 8 heteroatoms. The van der Waals surface area contributed by atoms with Crippen LogP contribution in [0.15, 0.2) is 52.3 Å². The van der Waals surface area contributed by atoms with E-state index in [1.807, 2.05) is 31.3 Å². The SMILES string of the molecule is COc1ccc(-c2nc(CSc3nnc(Cc4cccs4)n3C)cs2)cc1. The number of hydrogen-bond acceptors (Lipinski definition) is 7. The maximum Gasteiger partial charge on any atom is 0.191 e. The molecule has 4 aromatic rings. The number of thiophene rings is 1. The molecule has 0 aliphatic rings. The predicted molar refractivity (Wildman–Crippen MR) is 112 cm³/mol. The van der Waals surface area contributed by atoms with Crippen LogP contribution >= 0.6 is 34.4 Å². The van der Waals surface area contributed by atoms with Gasteiger partial charge in [-0.3, -0.25) is 0 Å².